The summed E-state index contributed by atoms with van der Waals surface area (Å²) in [6, 6.07) is 16.2. The van der Waals surface area contributed by atoms with Crippen molar-refractivity contribution in [1.82, 2.24) is 0 Å². The Morgan fingerprint density at radius 3 is 2.25 bits per heavy atom. The van der Waals surface area contributed by atoms with Gasteiger partial charge in [0.2, 0.25) is 0 Å². The van der Waals surface area contributed by atoms with Crippen molar-refractivity contribution in [3.05, 3.63) is 88.0 Å². The third kappa shape index (κ3) is 4.98. The standard InChI is InChI=1S/C32H32N2O6/c1-7-40-27-15-21(10-13-25(27)38-5)29-28(30(35)24-16-23(18(2)3)26(39-6)14-19(24)4)31(36)32(37)34(29)22-11-8-20(17-33)9-12-22/h8-16,18,29,35H,7H2,1-6H3/b30-28+. The number of ketones is 1. The monoisotopic (exact) mass is 540 g/mol. The van der Waals surface area contributed by atoms with Gasteiger partial charge in [0.1, 0.15) is 11.5 Å². The minimum Gasteiger partial charge on any atom is -0.507 e. The maximum atomic E-state index is 13.7. The Labute approximate surface area is 234 Å². The highest BCUT2D eigenvalue weighted by Gasteiger charge is 2.47. The number of Topliss-reactive ketones (excluding diaryl/α,β-unsaturated/α-hetero) is 1. The van der Waals surface area contributed by atoms with Crippen molar-refractivity contribution in [2.45, 2.75) is 39.7 Å². The number of hydrogen-bond donors (Lipinski definition) is 1. The zero-order chi connectivity index (χ0) is 29.1. The molecule has 0 aliphatic carbocycles. The topological polar surface area (TPSA) is 109 Å². The van der Waals surface area contributed by atoms with Gasteiger partial charge in [-0.1, -0.05) is 19.9 Å². The van der Waals surface area contributed by atoms with Gasteiger partial charge in [-0.05, 0) is 85.0 Å². The molecule has 0 aromatic heterocycles. The highest BCUT2D eigenvalue weighted by Crippen LogP contribution is 2.45. The Bertz CT molecular complexity index is 1530. The molecule has 8 nitrogen and oxygen atoms in total. The molecule has 8 heteroatoms. The van der Waals surface area contributed by atoms with Crippen LogP contribution in [-0.4, -0.2) is 37.6 Å². The Hall–Kier alpha value is -4.77. The van der Waals surface area contributed by atoms with E-state index >= 15 is 0 Å². The minimum absolute atomic E-state index is 0.0510. The van der Waals surface area contributed by atoms with Crippen LogP contribution < -0.4 is 19.1 Å². The van der Waals surface area contributed by atoms with Crippen LogP contribution in [0.5, 0.6) is 17.2 Å². The molecule has 0 bridgehead atoms. The van der Waals surface area contributed by atoms with Crippen LogP contribution in [0, 0.1) is 18.3 Å². The van der Waals surface area contributed by atoms with E-state index in [2.05, 4.69) is 6.07 Å². The zero-order valence-electron chi connectivity index (χ0n) is 23.4. The molecule has 1 unspecified atom stereocenters. The fraction of sp³-hybridized carbons (Fsp3) is 0.281. The summed E-state index contributed by atoms with van der Waals surface area (Å²) in [4.78, 5) is 28.6. The van der Waals surface area contributed by atoms with Gasteiger partial charge in [-0.15, -0.1) is 0 Å². The van der Waals surface area contributed by atoms with Crippen molar-refractivity contribution in [2.24, 2.45) is 0 Å². The molecular formula is C32H32N2O6. The summed E-state index contributed by atoms with van der Waals surface area (Å²) >= 11 is 0. The van der Waals surface area contributed by atoms with E-state index in [9.17, 15) is 20.0 Å². The minimum atomic E-state index is -0.970. The van der Waals surface area contributed by atoms with Crippen molar-refractivity contribution in [3.8, 4) is 23.3 Å². The number of anilines is 1. The van der Waals surface area contributed by atoms with E-state index in [-0.39, 0.29) is 17.3 Å². The van der Waals surface area contributed by atoms with Crippen LogP contribution in [0.3, 0.4) is 0 Å². The normalized spacial score (nSPS) is 16.2. The number of nitrogens with zero attached hydrogens (tertiary/aromatic N) is 2. The van der Waals surface area contributed by atoms with Crippen LogP contribution in [0.2, 0.25) is 0 Å². The van der Waals surface area contributed by atoms with Gasteiger partial charge in [-0.25, -0.2) is 0 Å². The Morgan fingerprint density at radius 2 is 1.68 bits per heavy atom. The van der Waals surface area contributed by atoms with Crippen molar-refractivity contribution >= 4 is 23.1 Å². The second-order valence-corrected chi connectivity index (χ2v) is 9.73. The molecule has 3 aromatic rings. The highest BCUT2D eigenvalue weighted by molar-refractivity contribution is 6.51. The number of ether oxygens (including phenoxy) is 3. The number of carbonyl (C=O) groups excluding carboxylic acids is 2. The van der Waals surface area contributed by atoms with E-state index in [1.54, 1.807) is 55.6 Å². The number of hydrogen-bond acceptors (Lipinski definition) is 7. The number of benzene rings is 3. The molecule has 3 aromatic carbocycles. The average Bonchev–Trinajstić information content (AvgIpc) is 3.22. The molecule has 1 aliphatic rings. The summed E-state index contributed by atoms with van der Waals surface area (Å²) in [5.74, 6) is -0.203. The average molecular weight is 541 g/mol. The predicted octanol–water partition coefficient (Wildman–Crippen LogP) is 6.03. The summed E-state index contributed by atoms with van der Waals surface area (Å²) in [5, 5.41) is 21.0. The molecule has 0 saturated carbocycles. The number of amides is 1. The van der Waals surface area contributed by atoms with Crippen molar-refractivity contribution in [3.63, 3.8) is 0 Å². The zero-order valence-corrected chi connectivity index (χ0v) is 23.4. The maximum Gasteiger partial charge on any atom is 0.300 e. The second-order valence-electron chi connectivity index (χ2n) is 9.73. The maximum absolute atomic E-state index is 13.7. The van der Waals surface area contributed by atoms with E-state index in [0.29, 0.717) is 51.8 Å². The molecule has 206 valence electrons. The van der Waals surface area contributed by atoms with Gasteiger partial charge in [0.05, 0.1) is 44.1 Å². The SMILES string of the molecule is CCOc1cc(C2/C(=C(\O)c3cc(C(C)C)c(OC)cc3C)C(=O)C(=O)N2c2ccc(C#N)cc2)ccc1OC. The van der Waals surface area contributed by atoms with E-state index in [1.165, 1.54) is 12.0 Å². The molecule has 1 aliphatic heterocycles. The lowest BCUT2D eigenvalue weighted by Crippen LogP contribution is -2.29. The van der Waals surface area contributed by atoms with Gasteiger partial charge in [0.25, 0.3) is 11.7 Å². The van der Waals surface area contributed by atoms with Crippen molar-refractivity contribution in [2.75, 3.05) is 25.7 Å². The molecule has 40 heavy (non-hydrogen) atoms. The highest BCUT2D eigenvalue weighted by atomic mass is 16.5. The van der Waals surface area contributed by atoms with Crippen LogP contribution in [0.4, 0.5) is 5.69 Å². The van der Waals surface area contributed by atoms with Gasteiger partial charge in [-0.2, -0.15) is 5.26 Å². The number of aryl methyl sites for hydroxylation is 1. The lowest BCUT2D eigenvalue weighted by molar-refractivity contribution is -0.132. The predicted molar refractivity (Wildman–Crippen MR) is 152 cm³/mol. The molecule has 1 saturated heterocycles. The fourth-order valence-corrected chi connectivity index (χ4v) is 4.97. The van der Waals surface area contributed by atoms with Crippen LogP contribution in [0.25, 0.3) is 5.76 Å². The first-order valence-corrected chi connectivity index (χ1v) is 13.0. The number of methoxy groups -OCH3 is 2. The number of rotatable bonds is 8. The molecule has 1 fully saturated rings. The number of carbonyl (C=O) groups is 2. The Balaban J connectivity index is 2.01. The summed E-state index contributed by atoms with van der Waals surface area (Å²) < 4.78 is 16.8. The third-order valence-electron chi connectivity index (χ3n) is 6.98. The number of nitriles is 1. The van der Waals surface area contributed by atoms with Crippen LogP contribution in [0.1, 0.15) is 60.5 Å². The Kier molecular flexibility index (Phi) is 8.15. The first-order chi connectivity index (χ1) is 19.2. The molecule has 1 N–H and O–H groups in total. The molecule has 1 amide bonds. The van der Waals surface area contributed by atoms with E-state index in [0.717, 1.165) is 5.56 Å². The lowest BCUT2D eigenvalue weighted by Gasteiger charge is -2.26. The van der Waals surface area contributed by atoms with Gasteiger partial charge >= 0.3 is 0 Å². The third-order valence-corrected chi connectivity index (χ3v) is 6.98. The molecule has 1 atom stereocenters. The van der Waals surface area contributed by atoms with Crippen LogP contribution in [-0.2, 0) is 9.59 Å². The van der Waals surface area contributed by atoms with Gasteiger partial charge in [-0.3, -0.25) is 14.5 Å². The quantitative estimate of drug-likeness (QED) is 0.211. The van der Waals surface area contributed by atoms with E-state index < -0.39 is 17.7 Å². The number of aliphatic hydroxyl groups is 1. The summed E-state index contributed by atoms with van der Waals surface area (Å²) in [6.45, 7) is 8.04. The van der Waals surface area contributed by atoms with Gasteiger partial charge in [0.15, 0.2) is 11.5 Å². The van der Waals surface area contributed by atoms with Gasteiger partial charge in [0, 0.05) is 11.3 Å². The first kappa shape index (κ1) is 28.2. The fourth-order valence-electron chi connectivity index (χ4n) is 4.97. The summed E-state index contributed by atoms with van der Waals surface area (Å²) in [5.41, 5.74) is 3.30. The first-order valence-electron chi connectivity index (χ1n) is 13.0. The molecule has 0 spiro atoms. The summed E-state index contributed by atoms with van der Waals surface area (Å²) in [7, 11) is 3.11. The molecular weight excluding hydrogens is 508 g/mol. The summed E-state index contributed by atoms with van der Waals surface area (Å²) in [6.07, 6.45) is 0. The largest absolute Gasteiger partial charge is 0.507 e. The van der Waals surface area contributed by atoms with Gasteiger partial charge < -0.3 is 19.3 Å². The second kappa shape index (κ2) is 11.5. The molecule has 0 radical (unpaired) electrons. The van der Waals surface area contributed by atoms with Crippen molar-refractivity contribution < 1.29 is 28.9 Å². The lowest BCUT2D eigenvalue weighted by atomic mass is 9.91. The van der Waals surface area contributed by atoms with Crippen molar-refractivity contribution in [1.29, 1.82) is 5.26 Å². The molecule has 1 heterocycles. The van der Waals surface area contributed by atoms with Crippen LogP contribution >= 0.6 is 0 Å². The Morgan fingerprint density at radius 1 is 1.00 bits per heavy atom. The van der Waals surface area contributed by atoms with E-state index in [4.69, 9.17) is 14.2 Å². The van der Waals surface area contributed by atoms with E-state index in [1.807, 2.05) is 33.8 Å². The molecule has 4 rings (SSSR count). The van der Waals surface area contributed by atoms with Crippen LogP contribution in [0.15, 0.2) is 60.2 Å². The number of aliphatic hydroxyl groups excluding tert-OH is 1. The smallest absolute Gasteiger partial charge is 0.300 e.